The Kier molecular flexibility index (Phi) is 6.11. The van der Waals surface area contributed by atoms with E-state index in [-0.39, 0.29) is 0 Å². The first kappa shape index (κ1) is 22.5. The van der Waals surface area contributed by atoms with E-state index in [4.69, 9.17) is 9.47 Å². The molecule has 0 saturated carbocycles. The Morgan fingerprint density at radius 3 is 2.14 bits per heavy atom. The van der Waals surface area contributed by atoms with Gasteiger partial charge in [0, 0.05) is 37.1 Å². The predicted octanol–water partition coefficient (Wildman–Crippen LogP) is 7.32. The normalized spacial score (nSPS) is 10.9. The molecule has 4 heteroatoms. The fraction of sp³-hybridized carbons (Fsp3) is 0.129. The molecule has 1 aromatic heterocycles. The number of methoxy groups -OCH3 is 2. The van der Waals surface area contributed by atoms with Gasteiger partial charge in [-0.1, -0.05) is 60.7 Å². The molecule has 4 nitrogen and oxygen atoms in total. The highest BCUT2D eigenvalue weighted by Crippen LogP contribution is 2.42. The second kappa shape index (κ2) is 9.51. The third-order valence-electron chi connectivity index (χ3n) is 6.36. The summed E-state index contributed by atoms with van der Waals surface area (Å²) in [5.41, 5.74) is 7.57. The zero-order valence-electron chi connectivity index (χ0n) is 20.4. The van der Waals surface area contributed by atoms with Crippen LogP contribution in [0.25, 0.3) is 44.2 Å². The van der Waals surface area contributed by atoms with E-state index in [2.05, 4.69) is 90.7 Å². The van der Waals surface area contributed by atoms with E-state index in [1.165, 1.54) is 16.3 Å². The molecule has 174 valence electrons. The largest absolute Gasteiger partial charge is 0.497 e. The van der Waals surface area contributed by atoms with Crippen LogP contribution in [-0.4, -0.2) is 33.3 Å². The van der Waals surface area contributed by atoms with Gasteiger partial charge in [-0.25, -0.2) is 4.98 Å². The average Bonchev–Trinajstić information content (AvgIpc) is 2.92. The first-order chi connectivity index (χ1) is 17.1. The van der Waals surface area contributed by atoms with E-state index in [1.807, 2.05) is 30.5 Å². The van der Waals surface area contributed by atoms with Gasteiger partial charge >= 0.3 is 0 Å². The van der Waals surface area contributed by atoms with Crippen molar-refractivity contribution in [3.05, 3.63) is 97.2 Å². The molecule has 0 bridgehead atoms. The molecule has 0 fully saturated rings. The van der Waals surface area contributed by atoms with Gasteiger partial charge in [0.15, 0.2) is 0 Å². The second-order valence-corrected chi connectivity index (χ2v) is 8.66. The number of ether oxygens (including phenoxy) is 2. The highest BCUT2D eigenvalue weighted by atomic mass is 16.5. The Morgan fingerprint density at radius 2 is 1.40 bits per heavy atom. The molecule has 5 aromatic rings. The van der Waals surface area contributed by atoms with Crippen molar-refractivity contribution in [1.82, 2.24) is 4.98 Å². The Labute approximate surface area is 206 Å². The fourth-order valence-corrected chi connectivity index (χ4v) is 4.48. The molecule has 35 heavy (non-hydrogen) atoms. The van der Waals surface area contributed by atoms with Crippen LogP contribution in [0.3, 0.4) is 0 Å². The Hall–Kier alpha value is -4.31. The van der Waals surface area contributed by atoms with Gasteiger partial charge in [-0.3, -0.25) is 0 Å². The molecule has 5 rings (SSSR count). The molecule has 0 radical (unpaired) electrons. The number of pyridine rings is 1. The third-order valence-corrected chi connectivity index (χ3v) is 6.36. The van der Waals surface area contributed by atoms with Crippen LogP contribution in [0.5, 0.6) is 11.6 Å². The van der Waals surface area contributed by atoms with Crippen LogP contribution in [0.4, 0.5) is 5.69 Å². The van der Waals surface area contributed by atoms with E-state index >= 15 is 0 Å². The second-order valence-electron chi connectivity index (χ2n) is 8.66. The summed E-state index contributed by atoms with van der Waals surface area (Å²) in [6.45, 7) is 0. The number of hydrogen-bond acceptors (Lipinski definition) is 4. The van der Waals surface area contributed by atoms with Crippen molar-refractivity contribution >= 4 is 16.5 Å². The number of rotatable bonds is 6. The van der Waals surface area contributed by atoms with E-state index in [1.54, 1.807) is 14.2 Å². The van der Waals surface area contributed by atoms with E-state index in [0.717, 1.165) is 39.3 Å². The smallest absolute Gasteiger partial charge is 0.221 e. The Bertz CT molecular complexity index is 1490. The zero-order valence-corrected chi connectivity index (χ0v) is 20.4. The topological polar surface area (TPSA) is 34.6 Å². The number of aromatic nitrogens is 1. The molecule has 4 aromatic carbocycles. The number of hydrogen-bond donors (Lipinski definition) is 0. The van der Waals surface area contributed by atoms with Crippen LogP contribution in [0.2, 0.25) is 0 Å². The van der Waals surface area contributed by atoms with E-state index < -0.39 is 0 Å². The van der Waals surface area contributed by atoms with Gasteiger partial charge < -0.3 is 14.4 Å². The lowest BCUT2D eigenvalue weighted by molar-refractivity contribution is 0.400. The minimum Gasteiger partial charge on any atom is -0.497 e. The van der Waals surface area contributed by atoms with Crippen LogP contribution in [0.1, 0.15) is 0 Å². The standard InChI is InChI=1S/C31H28N2O2/c1-33(2)24-14-17-28(29(19-24)27-11-7-9-22-8-5-6-10-26(22)27)30-18-23(20-32-31(30)35-4)21-12-15-25(34-3)16-13-21/h5-20H,1-4H3. The Morgan fingerprint density at radius 1 is 0.629 bits per heavy atom. The highest BCUT2D eigenvalue weighted by molar-refractivity contribution is 6.01. The number of benzene rings is 4. The first-order valence-electron chi connectivity index (χ1n) is 11.6. The zero-order chi connectivity index (χ0) is 24.4. The molecule has 0 amide bonds. The van der Waals surface area contributed by atoms with Crippen LogP contribution >= 0.6 is 0 Å². The summed E-state index contributed by atoms with van der Waals surface area (Å²) in [6, 6.07) is 31.7. The van der Waals surface area contributed by atoms with Gasteiger partial charge in [-0.15, -0.1) is 0 Å². The summed E-state index contributed by atoms with van der Waals surface area (Å²) in [4.78, 5) is 6.81. The number of nitrogens with zero attached hydrogens (tertiary/aromatic N) is 2. The van der Waals surface area contributed by atoms with Crippen molar-refractivity contribution in [1.29, 1.82) is 0 Å². The van der Waals surface area contributed by atoms with Gasteiger partial charge in [-0.2, -0.15) is 0 Å². The molecule has 1 heterocycles. The van der Waals surface area contributed by atoms with Crippen molar-refractivity contribution in [3.8, 4) is 45.0 Å². The molecule has 0 aliphatic heterocycles. The minimum atomic E-state index is 0.598. The molecule has 0 saturated heterocycles. The summed E-state index contributed by atoms with van der Waals surface area (Å²) in [5.74, 6) is 1.43. The van der Waals surface area contributed by atoms with Gasteiger partial charge in [-0.05, 0) is 63.4 Å². The molecule has 0 N–H and O–H groups in total. The monoisotopic (exact) mass is 460 g/mol. The average molecular weight is 461 g/mol. The van der Waals surface area contributed by atoms with Crippen molar-refractivity contribution in [2.75, 3.05) is 33.2 Å². The molecule has 0 unspecified atom stereocenters. The summed E-state index contributed by atoms with van der Waals surface area (Å²) in [6.07, 6.45) is 1.86. The maximum absolute atomic E-state index is 5.74. The van der Waals surface area contributed by atoms with E-state index in [9.17, 15) is 0 Å². The maximum atomic E-state index is 5.74. The minimum absolute atomic E-state index is 0.598. The predicted molar refractivity (Wildman–Crippen MR) is 145 cm³/mol. The van der Waals surface area contributed by atoms with Crippen molar-refractivity contribution < 1.29 is 9.47 Å². The van der Waals surface area contributed by atoms with E-state index in [0.29, 0.717) is 5.88 Å². The summed E-state index contributed by atoms with van der Waals surface area (Å²) in [5, 5.41) is 2.42. The molecule has 0 spiro atoms. The summed E-state index contributed by atoms with van der Waals surface area (Å²) >= 11 is 0. The molecular weight excluding hydrogens is 432 g/mol. The van der Waals surface area contributed by atoms with Crippen LogP contribution in [-0.2, 0) is 0 Å². The van der Waals surface area contributed by atoms with Crippen molar-refractivity contribution in [3.63, 3.8) is 0 Å². The van der Waals surface area contributed by atoms with Crippen molar-refractivity contribution in [2.24, 2.45) is 0 Å². The SMILES string of the molecule is COc1ccc(-c2cnc(OC)c(-c3ccc(N(C)C)cc3-c3cccc4ccccc34)c2)cc1. The lowest BCUT2D eigenvalue weighted by atomic mass is 9.90. The molecule has 0 atom stereocenters. The third kappa shape index (κ3) is 4.31. The Balaban J connectivity index is 1.75. The fourth-order valence-electron chi connectivity index (χ4n) is 4.48. The van der Waals surface area contributed by atoms with Crippen LogP contribution in [0.15, 0.2) is 97.2 Å². The van der Waals surface area contributed by atoms with Gasteiger partial charge in [0.25, 0.3) is 0 Å². The molecule has 0 aliphatic carbocycles. The number of anilines is 1. The van der Waals surface area contributed by atoms with Crippen LogP contribution < -0.4 is 14.4 Å². The van der Waals surface area contributed by atoms with Crippen molar-refractivity contribution in [2.45, 2.75) is 0 Å². The lowest BCUT2D eigenvalue weighted by Crippen LogP contribution is -2.08. The lowest BCUT2D eigenvalue weighted by Gasteiger charge is -2.19. The first-order valence-corrected chi connectivity index (χ1v) is 11.6. The number of fused-ring (bicyclic) bond motifs is 1. The van der Waals surface area contributed by atoms with Crippen LogP contribution in [0, 0.1) is 0 Å². The summed E-state index contributed by atoms with van der Waals surface area (Å²) < 4.78 is 11.1. The quantitative estimate of drug-likeness (QED) is 0.266. The summed E-state index contributed by atoms with van der Waals surface area (Å²) in [7, 11) is 7.47. The van der Waals surface area contributed by atoms with Gasteiger partial charge in [0.2, 0.25) is 5.88 Å². The maximum Gasteiger partial charge on any atom is 0.221 e. The molecule has 0 aliphatic rings. The van der Waals surface area contributed by atoms with Gasteiger partial charge in [0.1, 0.15) is 5.75 Å². The molecular formula is C31H28N2O2. The highest BCUT2D eigenvalue weighted by Gasteiger charge is 2.17. The van der Waals surface area contributed by atoms with Gasteiger partial charge in [0.05, 0.1) is 14.2 Å².